The quantitative estimate of drug-likeness (QED) is 0.904. The van der Waals surface area contributed by atoms with Crippen molar-refractivity contribution in [3.8, 4) is 11.5 Å². The second-order valence-corrected chi connectivity index (χ2v) is 4.28. The van der Waals surface area contributed by atoms with Crippen LogP contribution >= 0.6 is 12.4 Å². The summed E-state index contributed by atoms with van der Waals surface area (Å²) in [5.74, 6) is 1.77. The van der Waals surface area contributed by atoms with Crippen molar-refractivity contribution in [2.75, 3.05) is 6.54 Å². The number of halogens is 1. The molecular formula is C15H16ClNO. The maximum atomic E-state index is 5.74. The SMILES string of the molecule is Cl.c1ccc(Oc2ccc([C@@H]3CCN3)cc2)cc1. The number of nitrogens with one attached hydrogen (secondary N) is 1. The molecule has 2 nitrogen and oxygen atoms in total. The van der Waals surface area contributed by atoms with Gasteiger partial charge in [0.05, 0.1) is 0 Å². The van der Waals surface area contributed by atoms with Crippen LogP contribution in [0.2, 0.25) is 0 Å². The van der Waals surface area contributed by atoms with Crippen LogP contribution in [0.4, 0.5) is 0 Å². The molecule has 1 N–H and O–H groups in total. The van der Waals surface area contributed by atoms with E-state index in [-0.39, 0.29) is 12.4 Å². The first kappa shape index (κ1) is 12.9. The minimum Gasteiger partial charge on any atom is -0.457 e. The second kappa shape index (κ2) is 5.89. The molecule has 1 saturated heterocycles. The Hall–Kier alpha value is -1.51. The zero-order chi connectivity index (χ0) is 11.5. The highest BCUT2D eigenvalue weighted by Crippen LogP contribution is 2.26. The summed E-state index contributed by atoms with van der Waals surface area (Å²) < 4.78 is 5.74. The molecule has 0 spiro atoms. The predicted octanol–water partition coefficient (Wildman–Crippen LogP) is 3.94. The van der Waals surface area contributed by atoms with E-state index < -0.39 is 0 Å². The lowest BCUT2D eigenvalue weighted by molar-refractivity contribution is 0.383. The zero-order valence-electron chi connectivity index (χ0n) is 10.0. The van der Waals surface area contributed by atoms with Crippen molar-refractivity contribution < 1.29 is 4.74 Å². The molecule has 1 aliphatic rings. The Kier molecular flexibility index (Phi) is 4.24. The standard InChI is InChI=1S/C15H15NO.ClH/c1-2-4-13(5-3-1)17-14-8-6-12(7-9-14)15-10-11-16-15;/h1-9,15-16H,10-11H2;1H/t15-;/m0./s1. The van der Waals surface area contributed by atoms with Crippen LogP contribution < -0.4 is 10.1 Å². The van der Waals surface area contributed by atoms with Crippen molar-refractivity contribution in [1.82, 2.24) is 5.32 Å². The smallest absolute Gasteiger partial charge is 0.127 e. The zero-order valence-corrected chi connectivity index (χ0v) is 10.8. The molecule has 1 aliphatic heterocycles. The molecular weight excluding hydrogens is 246 g/mol. The van der Waals surface area contributed by atoms with Gasteiger partial charge in [-0.3, -0.25) is 0 Å². The van der Waals surface area contributed by atoms with Gasteiger partial charge in [0.25, 0.3) is 0 Å². The topological polar surface area (TPSA) is 21.3 Å². The van der Waals surface area contributed by atoms with Gasteiger partial charge in [-0.2, -0.15) is 0 Å². The van der Waals surface area contributed by atoms with Gasteiger partial charge in [-0.15, -0.1) is 12.4 Å². The van der Waals surface area contributed by atoms with Crippen molar-refractivity contribution >= 4 is 12.4 Å². The molecule has 2 aromatic carbocycles. The molecule has 0 aromatic heterocycles. The first-order valence-electron chi connectivity index (χ1n) is 5.98. The summed E-state index contributed by atoms with van der Waals surface area (Å²) in [6, 6.07) is 18.7. The van der Waals surface area contributed by atoms with Crippen molar-refractivity contribution in [3.05, 3.63) is 60.2 Å². The average Bonchev–Trinajstić information content (AvgIpc) is 2.31. The van der Waals surface area contributed by atoms with Gasteiger partial charge in [0.1, 0.15) is 11.5 Å². The van der Waals surface area contributed by atoms with Crippen LogP contribution in [0, 0.1) is 0 Å². The Labute approximate surface area is 113 Å². The summed E-state index contributed by atoms with van der Waals surface area (Å²) in [5.41, 5.74) is 1.34. The third-order valence-corrected chi connectivity index (χ3v) is 3.09. The van der Waals surface area contributed by atoms with E-state index in [4.69, 9.17) is 4.74 Å². The summed E-state index contributed by atoms with van der Waals surface area (Å²) in [5, 5.41) is 3.39. The van der Waals surface area contributed by atoms with Crippen LogP contribution in [0.15, 0.2) is 54.6 Å². The first-order chi connectivity index (χ1) is 8.42. The molecule has 0 saturated carbocycles. The van der Waals surface area contributed by atoms with E-state index in [0.717, 1.165) is 18.0 Å². The highest BCUT2D eigenvalue weighted by atomic mass is 35.5. The van der Waals surface area contributed by atoms with E-state index >= 15 is 0 Å². The van der Waals surface area contributed by atoms with E-state index in [1.807, 2.05) is 42.5 Å². The van der Waals surface area contributed by atoms with Crippen molar-refractivity contribution in [3.63, 3.8) is 0 Å². The van der Waals surface area contributed by atoms with Crippen LogP contribution in [0.3, 0.4) is 0 Å². The van der Waals surface area contributed by atoms with Crippen molar-refractivity contribution in [2.45, 2.75) is 12.5 Å². The normalized spacial score (nSPS) is 17.4. The van der Waals surface area contributed by atoms with Gasteiger partial charge < -0.3 is 10.1 Å². The molecule has 0 radical (unpaired) electrons. The summed E-state index contributed by atoms with van der Waals surface area (Å²) in [6.07, 6.45) is 1.24. The fourth-order valence-corrected chi connectivity index (χ4v) is 1.97. The van der Waals surface area contributed by atoms with Gasteiger partial charge in [0.15, 0.2) is 0 Å². The average molecular weight is 262 g/mol. The van der Waals surface area contributed by atoms with Crippen LogP contribution in [0.25, 0.3) is 0 Å². The van der Waals surface area contributed by atoms with Gasteiger partial charge in [-0.1, -0.05) is 30.3 Å². The molecule has 0 unspecified atom stereocenters. The first-order valence-corrected chi connectivity index (χ1v) is 5.98. The monoisotopic (exact) mass is 261 g/mol. The minimum absolute atomic E-state index is 0. The van der Waals surface area contributed by atoms with Crippen LogP contribution in [-0.2, 0) is 0 Å². The maximum Gasteiger partial charge on any atom is 0.127 e. The molecule has 0 aliphatic carbocycles. The Morgan fingerprint density at radius 2 is 1.50 bits per heavy atom. The molecule has 1 heterocycles. The van der Waals surface area contributed by atoms with Gasteiger partial charge in [-0.25, -0.2) is 0 Å². The molecule has 3 rings (SSSR count). The Morgan fingerprint density at radius 1 is 0.889 bits per heavy atom. The highest BCUT2D eigenvalue weighted by molar-refractivity contribution is 5.85. The fourth-order valence-electron chi connectivity index (χ4n) is 1.97. The highest BCUT2D eigenvalue weighted by Gasteiger charge is 2.17. The fraction of sp³-hybridized carbons (Fsp3) is 0.200. The Morgan fingerprint density at radius 3 is 2.06 bits per heavy atom. The lowest BCUT2D eigenvalue weighted by atomic mass is 9.98. The van der Waals surface area contributed by atoms with E-state index in [2.05, 4.69) is 17.4 Å². The van der Waals surface area contributed by atoms with Crippen molar-refractivity contribution in [1.29, 1.82) is 0 Å². The lowest BCUT2D eigenvalue weighted by Crippen LogP contribution is -2.34. The molecule has 2 aromatic rings. The number of ether oxygens (including phenoxy) is 1. The minimum atomic E-state index is 0. The number of hydrogen-bond acceptors (Lipinski definition) is 2. The van der Waals surface area contributed by atoms with Gasteiger partial charge in [-0.05, 0) is 42.8 Å². The maximum absolute atomic E-state index is 5.74. The molecule has 0 bridgehead atoms. The van der Waals surface area contributed by atoms with Crippen LogP contribution in [-0.4, -0.2) is 6.54 Å². The van der Waals surface area contributed by atoms with Crippen LogP contribution in [0.5, 0.6) is 11.5 Å². The molecule has 3 heteroatoms. The van der Waals surface area contributed by atoms with Crippen molar-refractivity contribution in [2.24, 2.45) is 0 Å². The molecule has 94 valence electrons. The van der Waals surface area contributed by atoms with E-state index in [1.165, 1.54) is 12.0 Å². The third-order valence-electron chi connectivity index (χ3n) is 3.09. The van der Waals surface area contributed by atoms with Gasteiger partial charge >= 0.3 is 0 Å². The Balaban J connectivity index is 0.00000120. The largest absolute Gasteiger partial charge is 0.457 e. The number of para-hydroxylation sites is 1. The van der Waals surface area contributed by atoms with Crippen LogP contribution in [0.1, 0.15) is 18.0 Å². The van der Waals surface area contributed by atoms with Gasteiger partial charge in [0, 0.05) is 6.04 Å². The molecule has 18 heavy (non-hydrogen) atoms. The number of benzene rings is 2. The summed E-state index contributed by atoms with van der Waals surface area (Å²) in [7, 11) is 0. The van der Waals surface area contributed by atoms with Gasteiger partial charge in [0.2, 0.25) is 0 Å². The molecule has 1 atom stereocenters. The van der Waals surface area contributed by atoms with E-state index in [9.17, 15) is 0 Å². The summed E-state index contributed by atoms with van der Waals surface area (Å²) >= 11 is 0. The predicted molar refractivity (Wildman–Crippen MR) is 75.6 cm³/mol. The third kappa shape index (κ3) is 2.84. The number of rotatable bonds is 3. The number of hydrogen-bond donors (Lipinski definition) is 1. The molecule has 1 fully saturated rings. The lowest BCUT2D eigenvalue weighted by Gasteiger charge is -2.28. The molecule has 0 amide bonds. The summed E-state index contributed by atoms with van der Waals surface area (Å²) in [6.45, 7) is 1.13. The van der Waals surface area contributed by atoms with E-state index in [0.29, 0.717) is 6.04 Å². The Bertz CT molecular complexity index is 480. The summed E-state index contributed by atoms with van der Waals surface area (Å²) in [4.78, 5) is 0. The second-order valence-electron chi connectivity index (χ2n) is 4.28. The van der Waals surface area contributed by atoms with E-state index in [1.54, 1.807) is 0 Å².